The lowest BCUT2D eigenvalue weighted by Gasteiger charge is -2.37. The minimum atomic E-state index is 0.269. The summed E-state index contributed by atoms with van der Waals surface area (Å²) in [6.45, 7) is 1.57. The van der Waals surface area contributed by atoms with Gasteiger partial charge < -0.3 is 9.64 Å². The van der Waals surface area contributed by atoms with Crippen LogP contribution in [-0.2, 0) is 9.53 Å². The summed E-state index contributed by atoms with van der Waals surface area (Å²) in [5.41, 5.74) is 0. The van der Waals surface area contributed by atoms with Gasteiger partial charge in [0.15, 0.2) is 0 Å². The van der Waals surface area contributed by atoms with E-state index < -0.39 is 0 Å². The number of hydrogen-bond donors (Lipinski definition) is 0. The Morgan fingerprint density at radius 2 is 2.12 bits per heavy atom. The van der Waals surface area contributed by atoms with E-state index in [9.17, 15) is 4.79 Å². The van der Waals surface area contributed by atoms with Gasteiger partial charge in [0.1, 0.15) is 0 Å². The van der Waals surface area contributed by atoms with Crippen molar-refractivity contribution in [3.05, 3.63) is 0 Å². The van der Waals surface area contributed by atoms with E-state index in [4.69, 9.17) is 16.3 Å². The van der Waals surface area contributed by atoms with Gasteiger partial charge in [-0.1, -0.05) is 0 Å². The van der Waals surface area contributed by atoms with Crippen LogP contribution in [0.5, 0.6) is 0 Å². The zero-order valence-corrected chi connectivity index (χ0v) is 11.1. The molecule has 2 fully saturated rings. The Bertz CT molecular complexity index is 250. The minimum absolute atomic E-state index is 0.269. The van der Waals surface area contributed by atoms with E-state index in [1.165, 1.54) is 6.42 Å². The third-order valence-electron chi connectivity index (χ3n) is 3.87. The SMILES string of the molecule is O=C(CCC1CCCO1)N(CCCl)C1CCC1. The van der Waals surface area contributed by atoms with Crippen LogP contribution in [-0.4, -0.2) is 42.0 Å². The van der Waals surface area contributed by atoms with Gasteiger partial charge in [-0.2, -0.15) is 0 Å². The molecular weight excluding hydrogens is 238 g/mol. The number of carbonyl (C=O) groups excluding carboxylic acids is 1. The number of alkyl halides is 1. The largest absolute Gasteiger partial charge is 0.378 e. The number of halogens is 1. The minimum Gasteiger partial charge on any atom is -0.378 e. The smallest absolute Gasteiger partial charge is 0.222 e. The average Bonchev–Trinajstić information content (AvgIpc) is 2.75. The number of carbonyl (C=O) groups is 1. The summed E-state index contributed by atoms with van der Waals surface area (Å²) in [4.78, 5) is 14.1. The van der Waals surface area contributed by atoms with Crippen LogP contribution in [0.1, 0.15) is 44.9 Å². The second-order valence-electron chi connectivity index (χ2n) is 5.03. The van der Waals surface area contributed by atoms with E-state index in [1.807, 2.05) is 4.90 Å². The van der Waals surface area contributed by atoms with Gasteiger partial charge in [0.2, 0.25) is 5.91 Å². The van der Waals surface area contributed by atoms with Crippen LogP contribution in [0.15, 0.2) is 0 Å². The molecule has 0 aromatic heterocycles. The lowest BCUT2D eigenvalue weighted by Crippen LogP contribution is -2.45. The molecule has 1 aliphatic carbocycles. The number of nitrogens with zero attached hydrogens (tertiary/aromatic N) is 1. The molecule has 0 bridgehead atoms. The van der Waals surface area contributed by atoms with Crippen molar-refractivity contribution in [3.63, 3.8) is 0 Å². The standard InChI is InChI=1S/C13H22ClNO2/c14-8-9-15(11-3-1-4-11)13(16)7-6-12-5-2-10-17-12/h11-12H,1-10H2. The van der Waals surface area contributed by atoms with Gasteiger partial charge in [0.05, 0.1) is 6.10 Å². The Morgan fingerprint density at radius 1 is 1.29 bits per heavy atom. The van der Waals surface area contributed by atoms with Crippen molar-refractivity contribution in [2.45, 2.75) is 57.1 Å². The quantitative estimate of drug-likeness (QED) is 0.686. The maximum absolute atomic E-state index is 12.1. The first kappa shape index (κ1) is 13.2. The van der Waals surface area contributed by atoms with Crippen molar-refractivity contribution in [3.8, 4) is 0 Å². The van der Waals surface area contributed by atoms with Crippen LogP contribution in [0.4, 0.5) is 0 Å². The molecule has 0 N–H and O–H groups in total. The summed E-state index contributed by atoms with van der Waals surface area (Å²) < 4.78 is 5.55. The number of rotatable bonds is 6. The molecule has 98 valence electrons. The third-order valence-corrected chi connectivity index (χ3v) is 4.03. The summed E-state index contributed by atoms with van der Waals surface area (Å²) in [6.07, 6.45) is 7.65. The van der Waals surface area contributed by atoms with Crippen LogP contribution < -0.4 is 0 Å². The molecule has 17 heavy (non-hydrogen) atoms. The molecule has 0 radical (unpaired) electrons. The van der Waals surface area contributed by atoms with Gasteiger partial charge in [-0.3, -0.25) is 4.79 Å². The van der Waals surface area contributed by atoms with Crippen molar-refractivity contribution in [2.24, 2.45) is 0 Å². The van der Waals surface area contributed by atoms with E-state index >= 15 is 0 Å². The van der Waals surface area contributed by atoms with Crippen LogP contribution in [0.25, 0.3) is 0 Å². The number of hydrogen-bond acceptors (Lipinski definition) is 2. The molecule has 3 nitrogen and oxygen atoms in total. The number of ether oxygens (including phenoxy) is 1. The Morgan fingerprint density at radius 3 is 2.65 bits per heavy atom. The lowest BCUT2D eigenvalue weighted by atomic mass is 9.91. The van der Waals surface area contributed by atoms with E-state index in [1.54, 1.807) is 0 Å². The molecule has 0 aromatic rings. The first-order chi connectivity index (χ1) is 8.31. The highest BCUT2D eigenvalue weighted by Gasteiger charge is 2.28. The summed E-state index contributed by atoms with van der Waals surface area (Å²) >= 11 is 5.77. The average molecular weight is 260 g/mol. The second-order valence-corrected chi connectivity index (χ2v) is 5.41. The zero-order valence-electron chi connectivity index (χ0n) is 10.4. The van der Waals surface area contributed by atoms with Crippen LogP contribution in [0.2, 0.25) is 0 Å². The molecule has 0 spiro atoms. The molecule has 2 rings (SSSR count). The van der Waals surface area contributed by atoms with Crippen molar-refractivity contribution in [2.75, 3.05) is 19.0 Å². The predicted molar refractivity (Wildman–Crippen MR) is 68.3 cm³/mol. The Balaban J connectivity index is 1.74. The lowest BCUT2D eigenvalue weighted by molar-refractivity contribution is -0.135. The van der Waals surface area contributed by atoms with Crippen LogP contribution in [0, 0.1) is 0 Å². The first-order valence-corrected chi connectivity index (χ1v) is 7.31. The Kier molecular flexibility index (Phi) is 5.11. The van der Waals surface area contributed by atoms with Gasteiger partial charge in [0.25, 0.3) is 0 Å². The third kappa shape index (κ3) is 3.59. The molecule has 1 amide bonds. The Hall–Kier alpha value is -0.280. The van der Waals surface area contributed by atoms with Gasteiger partial charge in [-0.25, -0.2) is 0 Å². The molecule has 1 heterocycles. The van der Waals surface area contributed by atoms with Crippen molar-refractivity contribution >= 4 is 17.5 Å². The molecule has 4 heteroatoms. The molecule has 1 aliphatic heterocycles. The van der Waals surface area contributed by atoms with Gasteiger partial charge in [-0.05, 0) is 38.5 Å². The summed E-state index contributed by atoms with van der Waals surface area (Å²) in [5.74, 6) is 0.813. The van der Waals surface area contributed by atoms with Gasteiger partial charge in [-0.15, -0.1) is 11.6 Å². The normalized spacial score (nSPS) is 24.6. The highest BCUT2D eigenvalue weighted by molar-refractivity contribution is 6.18. The fraction of sp³-hybridized carbons (Fsp3) is 0.923. The van der Waals surface area contributed by atoms with Gasteiger partial charge >= 0.3 is 0 Å². The van der Waals surface area contributed by atoms with Crippen molar-refractivity contribution < 1.29 is 9.53 Å². The molecule has 2 aliphatic rings. The molecule has 0 aromatic carbocycles. The first-order valence-electron chi connectivity index (χ1n) is 6.78. The molecule has 1 saturated heterocycles. The predicted octanol–water partition coefficient (Wildman–Crippen LogP) is 2.57. The van der Waals surface area contributed by atoms with E-state index in [2.05, 4.69) is 0 Å². The topological polar surface area (TPSA) is 29.5 Å². The highest BCUT2D eigenvalue weighted by atomic mass is 35.5. The highest BCUT2D eigenvalue weighted by Crippen LogP contribution is 2.26. The Labute approximate surface area is 108 Å². The zero-order chi connectivity index (χ0) is 12.1. The van der Waals surface area contributed by atoms with E-state index in [0.717, 1.165) is 38.7 Å². The summed E-state index contributed by atoms with van der Waals surface area (Å²) in [7, 11) is 0. The van der Waals surface area contributed by atoms with Crippen LogP contribution in [0.3, 0.4) is 0 Å². The second kappa shape index (κ2) is 6.60. The van der Waals surface area contributed by atoms with Gasteiger partial charge in [0, 0.05) is 31.5 Å². The van der Waals surface area contributed by atoms with Crippen molar-refractivity contribution in [1.29, 1.82) is 0 Å². The fourth-order valence-corrected chi connectivity index (χ4v) is 2.78. The van der Waals surface area contributed by atoms with E-state index in [0.29, 0.717) is 31.0 Å². The van der Waals surface area contributed by atoms with E-state index in [-0.39, 0.29) is 5.91 Å². The maximum atomic E-state index is 12.1. The monoisotopic (exact) mass is 259 g/mol. The summed E-state index contributed by atoms with van der Waals surface area (Å²) in [6, 6.07) is 0.464. The summed E-state index contributed by atoms with van der Waals surface area (Å²) in [5, 5.41) is 0. The maximum Gasteiger partial charge on any atom is 0.222 e. The molecule has 1 atom stereocenters. The number of amides is 1. The molecule has 1 unspecified atom stereocenters. The van der Waals surface area contributed by atoms with Crippen molar-refractivity contribution in [1.82, 2.24) is 4.90 Å². The molecule has 1 saturated carbocycles. The fourth-order valence-electron chi connectivity index (χ4n) is 2.60. The molecular formula is C13H22ClNO2. The van der Waals surface area contributed by atoms with Crippen LogP contribution >= 0.6 is 11.6 Å².